The fourth-order valence-corrected chi connectivity index (χ4v) is 2.06. The number of likely N-dealkylation sites (N-methyl/N-ethyl adjacent to an activating group) is 1. The van der Waals surface area contributed by atoms with Gasteiger partial charge in [0.15, 0.2) is 0 Å². The van der Waals surface area contributed by atoms with Gasteiger partial charge in [-0.1, -0.05) is 31.6 Å². The van der Waals surface area contributed by atoms with Gasteiger partial charge in [-0.2, -0.15) is 0 Å². The van der Waals surface area contributed by atoms with Gasteiger partial charge in [0, 0.05) is 13.1 Å². The molecule has 0 amide bonds. The van der Waals surface area contributed by atoms with Gasteiger partial charge in [0.2, 0.25) is 0 Å². The molecule has 1 saturated carbocycles. The van der Waals surface area contributed by atoms with Gasteiger partial charge in [0.05, 0.1) is 5.76 Å². The number of hydrogen-bond donors (Lipinski definition) is 1. The summed E-state index contributed by atoms with van der Waals surface area (Å²) < 4.78 is 0. The van der Waals surface area contributed by atoms with Crippen LogP contribution >= 0.6 is 0 Å². The molecule has 102 valence electrons. The van der Waals surface area contributed by atoms with E-state index in [2.05, 4.69) is 25.5 Å². The topological polar surface area (TPSA) is 23.5 Å². The lowest BCUT2D eigenvalue weighted by Gasteiger charge is -2.19. The second-order valence-electron chi connectivity index (χ2n) is 5.49. The van der Waals surface area contributed by atoms with Gasteiger partial charge in [-0.3, -0.25) is 0 Å². The first kappa shape index (κ1) is 15.0. The minimum Gasteiger partial charge on any atom is -0.513 e. The van der Waals surface area contributed by atoms with E-state index in [1.54, 1.807) is 13.0 Å². The highest BCUT2D eigenvalue weighted by molar-refractivity contribution is 5.33. The Morgan fingerprint density at radius 2 is 2.06 bits per heavy atom. The van der Waals surface area contributed by atoms with Crippen LogP contribution < -0.4 is 0 Å². The van der Waals surface area contributed by atoms with Crippen molar-refractivity contribution < 1.29 is 5.11 Å². The Morgan fingerprint density at radius 3 is 2.56 bits per heavy atom. The third kappa shape index (κ3) is 6.06. The molecule has 0 spiro atoms. The van der Waals surface area contributed by atoms with Crippen molar-refractivity contribution in [2.75, 3.05) is 20.1 Å². The molecule has 0 unspecified atom stereocenters. The molecule has 1 N–H and O–H groups in total. The zero-order valence-corrected chi connectivity index (χ0v) is 12.1. The average molecular weight is 249 g/mol. The van der Waals surface area contributed by atoms with Crippen molar-refractivity contribution >= 4 is 0 Å². The Kier molecular flexibility index (Phi) is 6.20. The third-order valence-corrected chi connectivity index (χ3v) is 3.24. The summed E-state index contributed by atoms with van der Waals surface area (Å²) in [6.07, 6.45) is 8.69. The number of hydrogen-bond acceptors (Lipinski definition) is 2. The van der Waals surface area contributed by atoms with Gasteiger partial charge in [-0.05, 0) is 50.8 Å². The zero-order valence-electron chi connectivity index (χ0n) is 12.1. The summed E-state index contributed by atoms with van der Waals surface area (Å²) in [7, 11) is 2.17. The molecule has 0 aromatic heterocycles. The minimum atomic E-state index is 0.349. The molecule has 0 saturated heterocycles. The first-order valence-electron chi connectivity index (χ1n) is 6.96. The number of rotatable bonds is 8. The highest BCUT2D eigenvalue weighted by Gasteiger charge is 2.23. The van der Waals surface area contributed by atoms with Gasteiger partial charge >= 0.3 is 0 Å². The van der Waals surface area contributed by atoms with Gasteiger partial charge < -0.3 is 10.0 Å². The average Bonchev–Trinajstić information content (AvgIpc) is 3.08. The van der Waals surface area contributed by atoms with Crippen LogP contribution in [0.1, 0.15) is 39.5 Å². The van der Waals surface area contributed by atoms with Crippen LogP contribution in [0.15, 0.2) is 35.6 Å². The van der Waals surface area contributed by atoms with E-state index in [4.69, 9.17) is 0 Å². The largest absolute Gasteiger partial charge is 0.513 e. The predicted molar refractivity (Wildman–Crippen MR) is 78.7 cm³/mol. The summed E-state index contributed by atoms with van der Waals surface area (Å²) in [5.74, 6) is 1.26. The van der Waals surface area contributed by atoms with Crippen molar-refractivity contribution in [3.05, 3.63) is 35.6 Å². The maximum Gasteiger partial charge on any atom is 0.0891 e. The van der Waals surface area contributed by atoms with Crippen LogP contribution in [-0.2, 0) is 0 Å². The molecule has 1 rings (SSSR count). The van der Waals surface area contributed by atoms with Crippen molar-refractivity contribution in [1.82, 2.24) is 4.90 Å². The van der Waals surface area contributed by atoms with Crippen LogP contribution in [0.25, 0.3) is 0 Å². The van der Waals surface area contributed by atoms with Crippen LogP contribution in [0.5, 0.6) is 0 Å². The van der Waals surface area contributed by atoms with Crippen LogP contribution in [0.3, 0.4) is 0 Å². The highest BCUT2D eigenvalue weighted by atomic mass is 16.3. The van der Waals surface area contributed by atoms with Gasteiger partial charge in [-0.15, -0.1) is 0 Å². The summed E-state index contributed by atoms with van der Waals surface area (Å²) in [6, 6.07) is 0. The van der Waals surface area contributed by atoms with Gasteiger partial charge in [0.25, 0.3) is 0 Å². The highest BCUT2D eigenvalue weighted by Crippen LogP contribution is 2.29. The maximum atomic E-state index is 9.28. The fraction of sp³-hybridized carbons (Fsp3) is 0.625. The standard InChI is InChI=1S/C16H27NO/c1-5-6-13(2)16(10-7-14(3)18)12-17(4)11-15-8-9-15/h7,10,15,18H,2,5-6,8-9,11-12H2,1,3-4H3/b14-7+,16-10-. The lowest BCUT2D eigenvalue weighted by atomic mass is 10.0. The zero-order chi connectivity index (χ0) is 13.5. The molecule has 1 fully saturated rings. The molecule has 0 aliphatic heterocycles. The lowest BCUT2D eigenvalue weighted by Crippen LogP contribution is -2.24. The molecule has 1 aliphatic carbocycles. The second-order valence-corrected chi connectivity index (χ2v) is 5.49. The third-order valence-electron chi connectivity index (χ3n) is 3.24. The molecule has 1 aliphatic rings. The van der Waals surface area contributed by atoms with E-state index in [1.165, 1.54) is 30.5 Å². The Balaban J connectivity index is 2.60. The fourth-order valence-electron chi connectivity index (χ4n) is 2.06. The number of aliphatic hydroxyl groups excluding tert-OH is 1. The molecular weight excluding hydrogens is 222 g/mol. The van der Waals surface area contributed by atoms with Gasteiger partial charge in [0.1, 0.15) is 0 Å². The monoisotopic (exact) mass is 249 g/mol. The SMILES string of the molecule is C=C(CCC)/C(=C\C=C(/C)O)CN(C)CC1CC1. The summed E-state index contributed by atoms with van der Waals surface area (Å²) in [6.45, 7) is 10.1. The van der Waals surface area contributed by atoms with E-state index in [9.17, 15) is 5.11 Å². The van der Waals surface area contributed by atoms with E-state index in [1.807, 2.05) is 6.08 Å². The van der Waals surface area contributed by atoms with E-state index >= 15 is 0 Å². The minimum absolute atomic E-state index is 0.349. The Labute approximate surface area is 112 Å². The number of allylic oxidation sites excluding steroid dienone is 3. The normalized spacial score (nSPS) is 17.3. The number of aliphatic hydroxyl groups is 1. The molecule has 2 heteroatoms. The molecule has 0 radical (unpaired) electrons. The summed E-state index contributed by atoms with van der Waals surface area (Å²) in [4.78, 5) is 2.37. The summed E-state index contributed by atoms with van der Waals surface area (Å²) in [5.41, 5.74) is 2.44. The Bertz CT molecular complexity index is 333. The molecule has 0 heterocycles. The second kappa shape index (κ2) is 7.42. The van der Waals surface area contributed by atoms with E-state index in [-0.39, 0.29) is 0 Å². The summed E-state index contributed by atoms with van der Waals surface area (Å²) in [5, 5.41) is 9.28. The molecule has 2 nitrogen and oxygen atoms in total. The van der Waals surface area contributed by atoms with Crippen LogP contribution in [0.4, 0.5) is 0 Å². The van der Waals surface area contributed by atoms with Crippen molar-refractivity contribution in [3.8, 4) is 0 Å². The van der Waals surface area contributed by atoms with Crippen molar-refractivity contribution in [1.29, 1.82) is 0 Å². The molecule has 0 atom stereocenters. The molecule has 0 aromatic carbocycles. The Morgan fingerprint density at radius 1 is 1.39 bits per heavy atom. The molecular formula is C16H27NO. The quantitative estimate of drug-likeness (QED) is 0.518. The van der Waals surface area contributed by atoms with E-state index in [0.717, 1.165) is 25.3 Å². The van der Waals surface area contributed by atoms with E-state index < -0.39 is 0 Å². The van der Waals surface area contributed by atoms with Gasteiger partial charge in [-0.25, -0.2) is 0 Å². The van der Waals surface area contributed by atoms with Crippen LogP contribution in [0, 0.1) is 5.92 Å². The Hall–Kier alpha value is -1.02. The molecule has 0 bridgehead atoms. The molecule has 0 aromatic rings. The van der Waals surface area contributed by atoms with E-state index in [0.29, 0.717) is 5.76 Å². The van der Waals surface area contributed by atoms with Crippen LogP contribution in [0.2, 0.25) is 0 Å². The predicted octanol–water partition coefficient (Wildman–Crippen LogP) is 4.07. The smallest absolute Gasteiger partial charge is 0.0891 e. The molecule has 18 heavy (non-hydrogen) atoms. The van der Waals surface area contributed by atoms with Crippen LogP contribution in [-0.4, -0.2) is 30.1 Å². The first-order valence-corrected chi connectivity index (χ1v) is 6.96. The first-order chi connectivity index (χ1) is 8.52. The van der Waals surface area contributed by atoms with Crippen molar-refractivity contribution in [3.63, 3.8) is 0 Å². The van der Waals surface area contributed by atoms with Crippen molar-refractivity contribution in [2.45, 2.75) is 39.5 Å². The van der Waals surface area contributed by atoms with Crippen molar-refractivity contribution in [2.24, 2.45) is 5.92 Å². The number of nitrogens with zero attached hydrogens (tertiary/aromatic N) is 1. The lowest BCUT2D eigenvalue weighted by molar-refractivity contribution is 0.347. The summed E-state index contributed by atoms with van der Waals surface area (Å²) >= 11 is 0. The maximum absolute atomic E-state index is 9.28.